The van der Waals surface area contributed by atoms with Crippen LogP contribution in [0.3, 0.4) is 0 Å². The van der Waals surface area contributed by atoms with Gasteiger partial charge in [0, 0.05) is 6.07 Å². The molecule has 0 radical (unpaired) electrons. The summed E-state index contributed by atoms with van der Waals surface area (Å²) in [5.41, 5.74) is -1.06. The molecule has 1 aromatic carbocycles. The number of phenols is 1. The van der Waals surface area contributed by atoms with E-state index < -0.39 is 32.1 Å². The maximum Gasteiger partial charge on any atom is 0.297 e. The number of nitro groups is 1. The number of rotatable bonds is 5. The summed E-state index contributed by atoms with van der Waals surface area (Å²) >= 11 is 0. The minimum absolute atomic E-state index is 0.179. The Balaban J connectivity index is 3.01. The number of benzene rings is 1. The highest BCUT2D eigenvalue weighted by atomic mass is 32.2. The van der Waals surface area contributed by atoms with Gasteiger partial charge in [-0.25, -0.2) is 8.42 Å². The van der Waals surface area contributed by atoms with Crippen molar-refractivity contribution < 1.29 is 18.4 Å². The van der Waals surface area contributed by atoms with Gasteiger partial charge in [0.15, 0.2) is 5.69 Å². The monoisotopic (exact) mass is 302 g/mol. The number of hydrogen-bond acceptors (Lipinski definition) is 5. The lowest BCUT2D eigenvalue weighted by molar-refractivity contribution is -0.383. The molecule has 0 fully saturated rings. The molecule has 2 N–H and O–H groups in total. The second-order valence-corrected chi connectivity index (χ2v) is 7.50. The molecule has 0 bridgehead atoms. The van der Waals surface area contributed by atoms with Crippen molar-refractivity contribution in [1.82, 2.24) is 0 Å². The zero-order valence-electron chi connectivity index (χ0n) is 11.6. The van der Waals surface area contributed by atoms with Crippen LogP contribution in [0.4, 0.5) is 11.4 Å². The van der Waals surface area contributed by atoms with Crippen LogP contribution in [0.5, 0.6) is 5.75 Å². The van der Waals surface area contributed by atoms with E-state index >= 15 is 0 Å². The van der Waals surface area contributed by atoms with Gasteiger partial charge in [-0.05, 0) is 17.9 Å². The smallest absolute Gasteiger partial charge is 0.297 e. The number of anilines is 1. The largest absolute Gasteiger partial charge is 0.505 e. The fourth-order valence-corrected chi connectivity index (χ4v) is 2.94. The first-order valence-corrected chi connectivity index (χ1v) is 7.64. The summed E-state index contributed by atoms with van der Waals surface area (Å²) in [7, 11) is -3.76. The Hall–Kier alpha value is -1.83. The zero-order chi connectivity index (χ0) is 15.6. The maximum atomic E-state index is 11.9. The Kier molecular flexibility index (Phi) is 4.59. The quantitative estimate of drug-likeness (QED) is 0.493. The molecule has 112 valence electrons. The lowest BCUT2D eigenvalue weighted by Crippen LogP contribution is -2.21. The van der Waals surface area contributed by atoms with Gasteiger partial charge in [-0.3, -0.25) is 14.8 Å². The molecule has 1 rings (SSSR count). The summed E-state index contributed by atoms with van der Waals surface area (Å²) in [6.07, 6.45) is 0.393. The molecule has 8 heteroatoms. The first kappa shape index (κ1) is 16.2. The zero-order valence-corrected chi connectivity index (χ0v) is 12.4. The van der Waals surface area contributed by atoms with Crippen LogP contribution in [0.1, 0.15) is 27.2 Å². The fourth-order valence-electron chi connectivity index (χ4n) is 1.43. The average molecular weight is 302 g/mol. The van der Waals surface area contributed by atoms with Crippen LogP contribution in [0.15, 0.2) is 18.2 Å². The Morgan fingerprint density at radius 2 is 1.95 bits per heavy atom. The van der Waals surface area contributed by atoms with Crippen molar-refractivity contribution in [2.45, 2.75) is 27.2 Å². The van der Waals surface area contributed by atoms with Crippen LogP contribution in [0.25, 0.3) is 0 Å². The Bertz CT molecular complexity index is 605. The molecule has 1 aromatic rings. The van der Waals surface area contributed by atoms with E-state index in [-0.39, 0.29) is 11.2 Å². The number of para-hydroxylation sites is 1. The number of nitro benzene ring substituents is 1. The van der Waals surface area contributed by atoms with E-state index in [1.807, 2.05) is 20.8 Å². The van der Waals surface area contributed by atoms with E-state index in [1.165, 1.54) is 12.1 Å². The predicted octanol–water partition coefficient (Wildman–Crippen LogP) is 2.48. The molecule has 0 unspecified atom stereocenters. The third-order valence-corrected chi connectivity index (χ3v) is 3.85. The topological polar surface area (TPSA) is 110 Å². The van der Waals surface area contributed by atoms with Gasteiger partial charge in [-0.2, -0.15) is 0 Å². The van der Waals surface area contributed by atoms with E-state index in [0.717, 1.165) is 6.07 Å². The lowest BCUT2D eigenvalue weighted by Gasteiger charge is -2.18. The van der Waals surface area contributed by atoms with Crippen LogP contribution in [-0.4, -0.2) is 24.2 Å². The van der Waals surface area contributed by atoms with Gasteiger partial charge in [0.25, 0.3) is 5.69 Å². The molecule has 0 aliphatic carbocycles. The van der Waals surface area contributed by atoms with Crippen LogP contribution in [0, 0.1) is 15.5 Å². The van der Waals surface area contributed by atoms with Crippen molar-refractivity contribution in [3.8, 4) is 5.75 Å². The van der Waals surface area contributed by atoms with E-state index in [1.54, 1.807) is 0 Å². The molecule has 0 aliphatic rings. The first-order chi connectivity index (χ1) is 9.02. The second-order valence-electron chi connectivity index (χ2n) is 5.66. The molecule has 7 nitrogen and oxygen atoms in total. The van der Waals surface area contributed by atoms with Crippen molar-refractivity contribution in [2.75, 3.05) is 10.5 Å². The third kappa shape index (κ3) is 4.69. The molecular weight excluding hydrogens is 284 g/mol. The van der Waals surface area contributed by atoms with Crippen LogP contribution >= 0.6 is 0 Å². The van der Waals surface area contributed by atoms with E-state index in [9.17, 15) is 23.6 Å². The fraction of sp³-hybridized carbons (Fsp3) is 0.500. The number of nitrogens with one attached hydrogen (secondary N) is 1. The highest BCUT2D eigenvalue weighted by molar-refractivity contribution is 7.92. The third-order valence-electron chi connectivity index (χ3n) is 2.60. The molecule has 0 heterocycles. The van der Waals surface area contributed by atoms with Gasteiger partial charge in [0.1, 0.15) is 5.75 Å². The maximum absolute atomic E-state index is 11.9. The van der Waals surface area contributed by atoms with Gasteiger partial charge in [-0.15, -0.1) is 0 Å². The van der Waals surface area contributed by atoms with Gasteiger partial charge < -0.3 is 5.11 Å². The molecule has 0 saturated heterocycles. The molecule has 20 heavy (non-hydrogen) atoms. The normalized spacial score (nSPS) is 12.2. The molecule has 0 aliphatic heterocycles. The van der Waals surface area contributed by atoms with E-state index in [0.29, 0.717) is 6.42 Å². The van der Waals surface area contributed by atoms with Crippen LogP contribution in [-0.2, 0) is 10.0 Å². The van der Waals surface area contributed by atoms with Crippen LogP contribution in [0.2, 0.25) is 0 Å². The van der Waals surface area contributed by atoms with E-state index in [4.69, 9.17) is 0 Å². The first-order valence-electron chi connectivity index (χ1n) is 5.99. The molecule has 0 atom stereocenters. The summed E-state index contributed by atoms with van der Waals surface area (Å²) in [4.78, 5) is 10.1. The van der Waals surface area contributed by atoms with Gasteiger partial charge in [-0.1, -0.05) is 26.8 Å². The summed E-state index contributed by atoms with van der Waals surface area (Å²) in [6, 6.07) is 3.59. The highest BCUT2D eigenvalue weighted by Gasteiger charge is 2.24. The van der Waals surface area contributed by atoms with Crippen molar-refractivity contribution in [2.24, 2.45) is 5.41 Å². The minimum Gasteiger partial charge on any atom is -0.505 e. The van der Waals surface area contributed by atoms with Gasteiger partial charge >= 0.3 is 0 Å². The summed E-state index contributed by atoms with van der Waals surface area (Å²) < 4.78 is 25.9. The number of hydrogen-bond donors (Lipinski definition) is 2. The van der Waals surface area contributed by atoms with Crippen LogP contribution < -0.4 is 4.72 Å². The molecule has 0 saturated carbocycles. The number of sulfonamides is 1. The summed E-state index contributed by atoms with van der Waals surface area (Å²) in [5.74, 6) is -0.652. The average Bonchev–Trinajstić information content (AvgIpc) is 2.28. The number of phenolic OH excluding ortho intramolecular Hbond substituents is 1. The van der Waals surface area contributed by atoms with Crippen molar-refractivity contribution in [3.05, 3.63) is 28.3 Å². The van der Waals surface area contributed by atoms with Crippen molar-refractivity contribution >= 4 is 21.4 Å². The lowest BCUT2D eigenvalue weighted by atomic mass is 9.94. The Labute approximate surface area is 117 Å². The highest BCUT2D eigenvalue weighted by Crippen LogP contribution is 2.34. The number of aromatic hydroxyl groups is 1. The molecular formula is C12H18N2O5S. The Morgan fingerprint density at radius 1 is 1.35 bits per heavy atom. The Morgan fingerprint density at radius 3 is 2.45 bits per heavy atom. The minimum atomic E-state index is -3.76. The van der Waals surface area contributed by atoms with Crippen molar-refractivity contribution in [3.63, 3.8) is 0 Å². The second kappa shape index (κ2) is 5.66. The number of nitrogens with zero attached hydrogens (tertiary/aromatic N) is 1. The molecule has 0 aromatic heterocycles. The van der Waals surface area contributed by atoms with Gasteiger partial charge in [0.2, 0.25) is 10.0 Å². The standard InChI is InChI=1S/C12H18N2O5S/c1-12(2,3)7-8-20(18,19)13-11-9(14(16)17)5-4-6-10(11)15/h4-6,13,15H,7-8H2,1-3H3. The molecule has 0 spiro atoms. The van der Waals surface area contributed by atoms with Crippen molar-refractivity contribution in [1.29, 1.82) is 0 Å². The van der Waals surface area contributed by atoms with E-state index in [2.05, 4.69) is 4.72 Å². The summed E-state index contributed by atoms with van der Waals surface area (Å²) in [5, 5.41) is 20.4. The predicted molar refractivity (Wildman–Crippen MR) is 76.2 cm³/mol. The summed E-state index contributed by atoms with van der Waals surface area (Å²) in [6.45, 7) is 5.68. The molecule has 0 amide bonds. The SMILES string of the molecule is CC(C)(C)CCS(=O)(=O)Nc1c(O)cccc1[N+](=O)[O-]. The van der Waals surface area contributed by atoms with Gasteiger partial charge in [0.05, 0.1) is 10.7 Å².